The van der Waals surface area contributed by atoms with Crippen LogP contribution in [-0.2, 0) is 11.2 Å². The van der Waals surface area contributed by atoms with E-state index in [9.17, 15) is 4.79 Å². The second-order valence-electron chi connectivity index (χ2n) is 3.72. The van der Waals surface area contributed by atoms with E-state index in [0.29, 0.717) is 13.0 Å². The number of nitrogens with zero attached hydrogens (tertiary/aromatic N) is 2. The minimum Gasteiger partial charge on any atom is -0.352 e. The molecule has 2 rings (SSSR count). The molecule has 0 unspecified atom stereocenters. The van der Waals surface area contributed by atoms with Crippen molar-refractivity contribution < 1.29 is 4.79 Å². The van der Waals surface area contributed by atoms with E-state index >= 15 is 0 Å². The SMILES string of the molecule is O=C(/C=C/c1ccccc1)NCCc1ncn[nH]1. The van der Waals surface area contributed by atoms with Crippen molar-refractivity contribution in [1.29, 1.82) is 0 Å². The summed E-state index contributed by atoms with van der Waals surface area (Å²) in [6.45, 7) is 0.535. The van der Waals surface area contributed by atoms with Gasteiger partial charge in [-0.3, -0.25) is 9.89 Å². The lowest BCUT2D eigenvalue weighted by atomic mass is 10.2. The second-order valence-corrected chi connectivity index (χ2v) is 3.72. The second kappa shape index (κ2) is 6.34. The number of nitrogens with one attached hydrogen (secondary N) is 2. The predicted octanol–water partition coefficient (Wildman–Crippen LogP) is 1.18. The Balaban J connectivity index is 1.74. The maximum Gasteiger partial charge on any atom is 0.244 e. The van der Waals surface area contributed by atoms with Crippen molar-refractivity contribution in [2.75, 3.05) is 6.54 Å². The minimum atomic E-state index is -0.113. The monoisotopic (exact) mass is 242 g/mol. The molecule has 0 spiro atoms. The van der Waals surface area contributed by atoms with Gasteiger partial charge in [-0.05, 0) is 11.6 Å². The van der Waals surface area contributed by atoms with Crippen molar-refractivity contribution in [3.63, 3.8) is 0 Å². The quantitative estimate of drug-likeness (QED) is 0.773. The number of hydrogen-bond donors (Lipinski definition) is 2. The average molecular weight is 242 g/mol. The largest absolute Gasteiger partial charge is 0.352 e. The molecule has 0 fully saturated rings. The smallest absolute Gasteiger partial charge is 0.244 e. The zero-order valence-corrected chi connectivity index (χ0v) is 9.84. The van der Waals surface area contributed by atoms with Crippen LogP contribution in [-0.4, -0.2) is 27.6 Å². The van der Waals surface area contributed by atoms with Gasteiger partial charge in [-0.25, -0.2) is 4.98 Å². The molecule has 0 aliphatic heterocycles. The maximum absolute atomic E-state index is 11.5. The molecule has 0 bridgehead atoms. The molecular formula is C13H14N4O. The Morgan fingerprint density at radius 1 is 1.33 bits per heavy atom. The van der Waals surface area contributed by atoms with Gasteiger partial charge in [0.05, 0.1) is 0 Å². The highest BCUT2D eigenvalue weighted by molar-refractivity contribution is 5.91. The predicted molar refractivity (Wildman–Crippen MR) is 68.6 cm³/mol. The standard InChI is InChI=1S/C13H14N4O/c18-13(7-6-11-4-2-1-3-5-11)14-9-8-12-15-10-16-17-12/h1-7,10H,8-9H2,(H,14,18)(H,15,16,17)/b7-6+. The summed E-state index contributed by atoms with van der Waals surface area (Å²) in [5.74, 6) is 0.653. The Kier molecular flexibility index (Phi) is 4.24. The number of aromatic nitrogens is 3. The molecule has 0 radical (unpaired) electrons. The first kappa shape index (κ1) is 12.0. The number of amides is 1. The lowest BCUT2D eigenvalue weighted by Gasteiger charge is -1.99. The Labute approximate surface area is 105 Å². The van der Waals surface area contributed by atoms with Crippen LogP contribution in [0, 0.1) is 0 Å². The average Bonchev–Trinajstić information content (AvgIpc) is 2.91. The van der Waals surface area contributed by atoms with Gasteiger partial charge in [0, 0.05) is 19.0 Å². The van der Waals surface area contributed by atoms with Gasteiger partial charge in [-0.1, -0.05) is 30.3 Å². The first-order chi connectivity index (χ1) is 8.84. The van der Waals surface area contributed by atoms with Crippen LogP contribution >= 0.6 is 0 Å². The maximum atomic E-state index is 11.5. The summed E-state index contributed by atoms with van der Waals surface area (Å²) in [5, 5.41) is 9.25. The van der Waals surface area contributed by atoms with Crippen LogP contribution in [0.5, 0.6) is 0 Å². The van der Waals surface area contributed by atoms with Crippen molar-refractivity contribution in [3.05, 3.63) is 54.1 Å². The van der Waals surface area contributed by atoms with E-state index in [4.69, 9.17) is 0 Å². The van der Waals surface area contributed by atoms with Crippen LogP contribution < -0.4 is 5.32 Å². The van der Waals surface area contributed by atoms with Gasteiger partial charge >= 0.3 is 0 Å². The lowest BCUT2D eigenvalue weighted by Crippen LogP contribution is -2.23. The summed E-state index contributed by atoms with van der Waals surface area (Å²) in [6, 6.07) is 9.69. The molecule has 2 aromatic rings. The fourth-order valence-corrected chi connectivity index (χ4v) is 1.45. The summed E-state index contributed by atoms with van der Waals surface area (Å²) in [5.41, 5.74) is 1.00. The van der Waals surface area contributed by atoms with Crippen LogP contribution in [0.4, 0.5) is 0 Å². The lowest BCUT2D eigenvalue weighted by molar-refractivity contribution is -0.116. The molecule has 1 heterocycles. The zero-order chi connectivity index (χ0) is 12.6. The molecule has 0 saturated carbocycles. The first-order valence-electron chi connectivity index (χ1n) is 5.70. The van der Waals surface area contributed by atoms with E-state index < -0.39 is 0 Å². The molecule has 1 aromatic heterocycles. The van der Waals surface area contributed by atoms with Gasteiger partial charge < -0.3 is 5.32 Å². The van der Waals surface area contributed by atoms with Gasteiger partial charge in [-0.15, -0.1) is 0 Å². The highest BCUT2D eigenvalue weighted by Crippen LogP contribution is 2.00. The molecule has 0 atom stereocenters. The van der Waals surface area contributed by atoms with E-state index in [2.05, 4.69) is 20.5 Å². The summed E-state index contributed by atoms with van der Waals surface area (Å²) in [7, 11) is 0. The fourth-order valence-electron chi connectivity index (χ4n) is 1.45. The van der Waals surface area contributed by atoms with E-state index in [1.165, 1.54) is 12.4 Å². The molecule has 92 valence electrons. The highest BCUT2D eigenvalue weighted by Gasteiger charge is 1.97. The number of H-pyrrole nitrogens is 1. The summed E-state index contributed by atoms with van der Waals surface area (Å²) >= 11 is 0. The van der Waals surface area contributed by atoms with E-state index in [0.717, 1.165) is 11.4 Å². The van der Waals surface area contributed by atoms with Crippen LogP contribution in [0.3, 0.4) is 0 Å². The third kappa shape index (κ3) is 3.86. The summed E-state index contributed by atoms with van der Waals surface area (Å²) in [6.07, 6.45) is 5.40. The number of carbonyl (C=O) groups excluding carboxylic acids is 1. The highest BCUT2D eigenvalue weighted by atomic mass is 16.1. The molecule has 1 amide bonds. The van der Waals surface area contributed by atoms with Gasteiger partial charge in [0.2, 0.25) is 5.91 Å². The van der Waals surface area contributed by atoms with Crippen LogP contribution in [0.25, 0.3) is 6.08 Å². The number of carbonyl (C=O) groups is 1. The van der Waals surface area contributed by atoms with Crippen molar-refractivity contribution >= 4 is 12.0 Å². The van der Waals surface area contributed by atoms with Gasteiger partial charge in [0.25, 0.3) is 0 Å². The topological polar surface area (TPSA) is 70.7 Å². The molecule has 1 aromatic carbocycles. The summed E-state index contributed by atoms with van der Waals surface area (Å²) in [4.78, 5) is 15.5. The molecule has 0 aliphatic rings. The van der Waals surface area contributed by atoms with Gasteiger partial charge in [-0.2, -0.15) is 5.10 Å². The number of hydrogen-bond acceptors (Lipinski definition) is 3. The van der Waals surface area contributed by atoms with Gasteiger partial charge in [0.15, 0.2) is 0 Å². The zero-order valence-electron chi connectivity index (χ0n) is 9.84. The molecular weight excluding hydrogens is 228 g/mol. The third-order valence-corrected chi connectivity index (χ3v) is 2.35. The molecule has 18 heavy (non-hydrogen) atoms. The molecule has 5 nitrogen and oxygen atoms in total. The van der Waals surface area contributed by atoms with Crippen LogP contribution in [0.15, 0.2) is 42.7 Å². The molecule has 5 heteroatoms. The van der Waals surface area contributed by atoms with Crippen molar-refractivity contribution in [2.24, 2.45) is 0 Å². The van der Waals surface area contributed by atoms with Gasteiger partial charge in [0.1, 0.15) is 12.2 Å². The van der Waals surface area contributed by atoms with Crippen molar-refractivity contribution in [1.82, 2.24) is 20.5 Å². The molecule has 0 saturated heterocycles. The Morgan fingerprint density at radius 2 is 2.17 bits per heavy atom. The van der Waals surface area contributed by atoms with E-state index in [-0.39, 0.29) is 5.91 Å². The Hall–Kier alpha value is -2.43. The van der Waals surface area contributed by atoms with Crippen molar-refractivity contribution in [3.8, 4) is 0 Å². The number of aromatic amines is 1. The van der Waals surface area contributed by atoms with E-state index in [1.807, 2.05) is 30.3 Å². The van der Waals surface area contributed by atoms with Crippen LogP contribution in [0.2, 0.25) is 0 Å². The first-order valence-corrected chi connectivity index (χ1v) is 5.70. The Morgan fingerprint density at radius 3 is 2.89 bits per heavy atom. The van der Waals surface area contributed by atoms with E-state index in [1.54, 1.807) is 6.08 Å². The normalized spacial score (nSPS) is 10.7. The van der Waals surface area contributed by atoms with Crippen molar-refractivity contribution in [2.45, 2.75) is 6.42 Å². The minimum absolute atomic E-state index is 0.113. The molecule has 2 N–H and O–H groups in total. The summed E-state index contributed by atoms with van der Waals surface area (Å²) < 4.78 is 0. The Bertz CT molecular complexity index is 505. The number of benzene rings is 1. The number of rotatable bonds is 5. The third-order valence-electron chi connectivity index (χ3n) is 2.35. The van der Waals surface area contributed by atoms with Crippen LogP contribution in [0.1, 0.15) is 11.4 Å². The molecule has 0 aliphatic carbocycles. The fraction of sp³-hybridized carbons (Fsp3) is 0.154.